The van der Waals surface area contributed by atoms with Gasteiger partial charge in [0.05, 0.1) is 18.0 Å². The van der Waals surface area contributed by atoms with E-state index >= 15 is 0 Å². The van der Waals surface area contributed by atoms with Crippen LogP contribution in [0.3, 0.4) is 0 Å². The number of halogens is 1. The van der Waals surface area contributed by atoms with Crippen molar-refractivity contribution in [2.75, 3.05) is 6.54 Å². The Morgan fingerprint density at radius 1 is 1.55 bits per heavy atom. The minimum atomic E-state index is 0.0466. The van der Waals surface area contributed by atoms with Gasteiger partial charge in [-0.1, -0.05) is 11.6 Å². The first kappa shape index (κ1) is 15.2. The van der Waals surface area contributed by atoms with Gasteiger partial charge in [0.1, 0.15) is 10.9 Å². The quantitative estimate of drug-likeness (QED) is 0.868. The Kier molecular flexibility index (Phi) is 4.25. The molecule has 0 N–H and O–H groups in total. The Bertz CT molecular complexity index is 663. The highest BCUT2D eigenvalue weighted by atomic mass is 35.5. The lowest BCUT2D eigenvalue weighted by atomic mass is 10.1. The lowest BCUT2D eigenvalue weighted by molar-refractivity contribution is -0.132. The highest BCUT2D eigenvalue weighted by molar-refractivity contribution is 6.30. The van der Waals surface area contributed by atoms with Gasteiger partial charge in [-0.2, -0.15) is 5.10 Å². The van der Waals surface area contributed by atoms with Crippen LogP contribution in [0.25, 0.3) is 0 Å². The molecule has 2 aromatic heterocycles. The zero-order chi connectivity index (χ0) is 15.7. The Labute approximate surface area is 134 Å². The van der Waals surface area contributed by atoms with Crippen molar-refractivity contribution in [1.29, 1.82) is 0 Å². The SMILES string of the molecule is Cc1nn(C)c(Cl)c1[C@@H]1CCCN1C(=O)CCc1ccco1. The lowest BCUT2D eigenvalue weighted by Gasteiger charge is -2.25. The predicted octanol–water partition coefficient (Wildman–Crippen LogP) is 3.27. The van der Waals surface area contributed by atoms with Gasteiger partial charge in [0.25, 0.3) is 0 Å². The second-order valence-corrected chi connectivity index (χ2v) is 6.10. The monoisotopic (exact) mass is 321 g/mol. The molecular weight excluding hydrogens is 302 g/mol. The molecule has 1 amide bonds. The maximum atomic E-state index is 12.6. The number of furan rings is 1. The van der Waals surface area contributed by atoms with E-state index in [0.717, 1.165) is 36.4 Å². The smallest absolute Gasteiger partial charge is 0.223 e. The summed E-state index contributed by atoms with van der Waals surface area (Å²) in [6.45, 7) is 2.73. The zero-order valence-corrected chi connectivity index (χ0v) is 13.6. The van der Waals surface area contributed by atoms with Gasteiger partial charge in [-0.25, -0.2) is 0 Å². The first-order valence-corrected chi connectivity index (χ1v) is 7.96. The normalized spacial score (nSPS) is 18.1. The minimum absolute atomic E-state index is 0.0466. The van der Waals surface area contributed by atoms with Crippen molar-refractivity contribution in [3.63, 3.8) is 0 Å². The van der Waals surface area contributed by atoms with Crippen LogP contribution < -0.4 is 0 Å². The third-order valence-electron chi connectivity index (χ3n) is 4.27. The van der Waals surface area contributed by atoms with Crippen LogP contribution in [0.5, 0.6) is 0 Å². The lowest BCUT2D eigenvalue weighted by Crippen LogP contribution is -2.31. The topological polar surface area (TPSA) is 51.3 Å². The summed E-state index contributed by atoms with van der Waals surface area (Å²) in [5.41, 5.74) is 1.90. The summed E-state index contributed by atoms with van der Waals surface area (Å²) >= 11 is 6.37. The molecule has 0 spiro atoms. The molecule has 0 saturated carbocycles. The number of hydrogen-bond donors (Lipinski definition) is 0. The van der Waals surface area contributed by atoms with Gasteiger partial charge < -0.3 is 9.32 Å². The molecular formula is C16H20ClN3O2. The van der Waals surface area contributed by atoms with Gasteiger partial charge in [-0.15, -0.1) is 0 Å². The van der Waals surface area contributed by atoms with Crippen molar-refractivity contribution in [3.05, 3.63) is 40.6 Å². The minimum Gasteiger partial charge on any atom is -0.469 e. The number of nitrogens with zero attached hydrogens (tertiary/aromatic N) is 3. The van der Waals surface area contributed by atoms with E-state index < -0.39 is 0 Å². The molecule has 1 aliphatic rings. The summed E-state index contributed by atoms with van der Waals surface area (Å²) in [6, 6.07) is 3.79. The second-order valence-electron chi connectivity index (χ2n) is 5.74. The molecule has 0 aromatic carbocycles. The Morgan fingerprint density at radius 3 is 3.00 bits per heavy atom. The van der Waals surface area contributed by atoms with E-state index in [0.29, 0.717) is 18.0 Å². The van der Waals surface area contributed by atoms with Crippen molar-refractivity contribution in [2.45, 2.75) is 38.6 Å². The van der Waals surface area contributed by atoms with Crippen LogP contribution in [0, 0.1) is 6.92 Å². The summed E-state index contributed by atoms with van der Waals surface area (Å²) in [4.78, 5) is 14.5. The van der Waals surface area contributed by atoms with Crippen LogP contribution in [0.15, 0.2) is 22.8 Å². The fourth-order valence-corrected chi connectivity index (χ4v) is 3.52. The molecule has 1 fully saturated rings. The number of carbonyl (C=O) groups excluding carboxylic acids is 1. The average Bonchev–Trinajstić information content (AvgIpc) is 3.19. The van der Waals surface area contributed by atoms with E-state index in [9.17, 15) is 4.79 Å². The van der Waals surface area contributed by atoms with Gasteiger partial charge in [-0.05, 0) is 31.9 Å². The molecule has 1 aliphatic heterocycles. The molecule has 118 valence electrons. The summed E-state index contributed by atoms with van der Waals surface area (Å²) in [5, 5.41) is 5.00. The van der Waals surface area contributed by atoms with E-state index in [4.69, 9.17) is 16.0 Å². The van der Waals surface area contributed by atoms with Crippen LogP contribution in [0.1, 0.15) is 42.3 Å². The zero-order valence-electron chi connectivity index (χ0n) is 12.9. The van der Waals surface area contributed by atoms with Gasteiger partial charge >= 0.3 is 0 Å². The van der Waals surface area contributed by atoms with Gasteiger partial charge in [0.2, 0.25) is 5.91 Å². The standard InChI is InChI=1S/C16H20ClN3O2/c1-11-15(16(17)19(2)18-11)13-6-3-9-20(13)14(21)8-7-12-5-4-10-22-12/h4-5,10,13H,3,6-9H2,1-2H3/t13-/m0/s1. The molecule has 3 rings (SSSR count). The summed E-state index contributed by atoms with van der Waals surface area (Å²) in [7, 11) is 1.83. The van der Waals surface area contributed by atoms with Crippen LogP contribution in [-0.4, -0.2) is 27.1 Å². The Morgan fingerprint density at radius 2 is 2.36 bits per heavy atom. The number of rotatable bonds is 4. The molecule has 0 aliphatic carbocycles. The van der Waals surface area contributed by atoms with E-state index in [-0.39, 0.29) is 11.9 Å². The van der Waals surface area contributed by atoms with Crippen molar-refractivity contribution >= 4 is 17.5 Å². The number of likely N-dealkylation sites (tertiary alicyclic amines) is 1. The Balaban J connectivity index is 1.73. The van der Waals surface area contributed by atoms with Crippen molar-refractivity contribution in [3.8, 4) is 0 Å². The molecule has 5 nitrogen and oxygen atoms in total. The van der Waals surface area contributed by atoms with Crippen LogP contribution >= 0.6 is 11.6 Å². The molecule has 1 atom stereocenters. The third-order valence-corrected chi connectivity index (χ3v) is 4.72. The summed E-state index contributed by atoms with van der Waals surface area (Å²) in [6.07, 6.45) is 4.67. The van der Waals surface area contributed by atoms with Gasteiger partial charge in [0.15, 0.2) is 0 Å². The highest BCUT2D eigenvalue weighted by Crippen LogP contribution is 2.37. The predicted molar refractivity (Wildman–Crippen MR) is 83.7 cm³/mol. The molecule has 0 unspecified atom stereocenters. The average molecular weight is 322 g/mol. The second kappa shape index (κ2) is 6.16. The number of aryl methyl sites for hydroxylation is 3. The van der Waals surface area contributed by atoms with Crippen LogP contribution in [0.2, 0.25) is 5.15 Å². The van der Waals surface area contributed by atoms with Gasteiger partial charge in [-0.3, -0.25) is 9.48 Å². The summed E-state index contributed by atoms with van der Waals surface area (Å²) in [5.74, 6) is 0.998. The molecule has 6 heteroatoms. The molecule has 3 heterocycles. The first-order valence-electron chi connectivity index (χ1n) is 7.58. The maximum Gasteiger partial charge on any atom is 0.223 e. The molecule has 0 bridgehead atoms. The van der Waals surface area contributed by atoms with Crippen molar-refractivity contribution < 1.29 is 9.21 Å². The number of carbonyl (C=O) groups is 1. The van der Waals surface area contributed by atoms with Gasteiger partial charge in [0, 0.05) is 32.0 Å². The fourth-order valence-electron chi connectivity index (χ4n) is 3.22. The number of amides is 1. The molecule has 2 aromatic rings. The molecule has 1 saturated heterocycles. The summed E-state index contributed by atoms with van der Waals surface area (Å²) < 4.78 is 6.97. The maximum absolute atomic E-state index is 12.6. The Hall–Kier alpha value is -1.75. The van der Waals surface area contributed by atoms with E-state index in [1.807, 2.05) is 31.0 Å². The molecule has 0 radical (unpaired) electrons. The fraction of sp³-hybridized carbons (Fsp3) is 0.500. The van der Waals surface area contributed by atoms with Crippen molar-refractivity contribution in [2.24, 2.45) is 7.05 Å². The van der Waals surface area contributed by atoms with Crippen LogP contribution in [0.4, 0.5) is 0 Å². The van der Waals surface area contributed by atoms with Crippen molar-refractivity contribution in [1.82, 2.24) is 14.7 Å². The third kappa shape index (κ3) is 2.77. The largest absolute Gasteiger partial charge is 0.469 e. The first-order chi connectivity index (χ1) is 10.6. The number of hydrogen-bond acceptors (Lipinski definition) is 3. The molecule has 22 heavy (non-hydrogen) atoms. The van der Waals surface area contributed by atoms with Crippen LogP contribution in [-0.2, 0) is 18.3 Å². The van der Waals surface area contributed by atoms with E-state index in [1.165, 1.54) is 0 Å². The highest BCUT2D eigenvalue weighted by Gasteiger charge is 2.33. The van der Waals surface area contributed by atoms with E-state index in [1.54, 1.807) is 10.9 Å². The van der Waals surface area contributed by atoms with E-state index in [2.05, 4.69) is 5.10 Å². The number of aromatic nitrogens is 2.